The van der Waals surface area contributed by atoms with Crippen LogP contribution in [-0.2, 0) is 16.0 Å². The molecular formula is C12H14ClNO3. The summed E-state index contributed by atoms with van der Waals surface area (Å²) in [5.41, 5.74) is 1.12. The summed E-state index contributed by atoms with van der Waals surface area (Å²) in [6.07, 6.45) is -1.21. The summed E-state index contributed by atoms with van der Waals surface area (Å²) in [7, 11) is 0. The van der Waals surface area contributed by atoms with Crippen molar-refractivity contribution in [3.05, 3.63) is 35.4 Å². The van der Waals surface area contributed by atoms with Gasteiger partial charge in [-0.3, -0.25) is 4.79 Å². The summed E-state index contributed by atoms with van der Waals surface area (Å²) in [5.74, 6) is -0.266. The smallest absolute Gasteiger partial charge is 0.218 e. The van der Waals surface area contributed by atoms with Gasteiger partial charge in [-0.25, -0.2) is 0 Å². The molecule has 1 aromatic carbocycles. The van der Waals surface area contributed by atoms with E-state index >= 15 is 0 Å². The lowest BCUT2D eigenvalue weighted by molar-refractivity contribution is -0.129. The molecule has 0 saturated carbocycles. The number of ether oxygens (including phenoxy) is 1. The van der Waals surface area contributed by atoms with Gasteiger partial charge in [0.1, 0.15) is 11.7 Å². The topological polar surface area (TPSA) is 58.6 Å². The van der Waals surface area contributed by atoms with Gasteiger partial charge in [0, 0.05) is 13.3 Å². The molecule has 0 spiro atoms. The van der Waals surface area contributed by atoms with Gasteiger partial charge < -0.3 is 15.2 Å². The maximum Gasteiger partial charge on any atom is 0.218 e. The summed E-state index contributed by atoms with van der Waals surface area (Å²) in [5, 5.41) is 12.7. The average Bonchev–Trinajstić information content (AvgIpc) is 2.37. The van der Waals surface area contributed by atoms with Gasteiger partial charge in [-0.2, -0.15) is 0 Å². The molecule has 4 nitrogen and oxygen atoms in total. The van der Waals surface area contributed by atoms with E-state index in [0.717, 1.165) is 11.1 Å². The van der Waals surface area contributed by atoms with E-state index in [1.807, 2.05) is 24.3 Å². The number of fused-ring (bicyclic) bond motifs is 1. The lowest BCUT2D eigenvalue weighted by atomic mass is 10.0. The van der Waals surface area contributed by atoms with E-state index in [1.165, 1.54) is 6.92 Å². The molecule has 1 heterocycles. The van der Waals surface area contributed by atoms with Crippen LogP contribution in [-0.4, -0.2) is 22.8 Å². The zero-order chi connectivity index (χ0) is 12.4. The van der Waals surface area contributed by atoms with Crippen molar-refractivity contribution >= 4 is 17.5 Å². The predicted molar refractivity (Wildman–Crippen MR) is 63.4 cm³/mol. The SMILES string of the molecule is CC(=O)NC1OC(Cl)Cc2ccccc2C1O. The molecule has 0 aromatic heterocycles. The number of aliphatic hydroxyl groups excluding tert-OH is 1. The molecule has 92 valence electrons. The standard InChI is InChI=1S/C12H14ClNO3/c1-7(15)14-12-11(16)9-5-3-2-4-8(9)6-10(13)17-12/h2-5,10-12,16H,6H2,1H3,(H,14,15). The molecule has 0 fully saturated rings. The first-order valence-corrected chi connectivity index (χ1v) is 5.84. The number of rotatable bonds is 1. The van der Waals surface area contributed by atoms with Crippen LogP contribution >= 0.6 is 11.6 Å². The van der Waals surface area contributed by atoms with Crippen LogP contribution in [0.1, 0.15) is 24.2 Å². The van der Waals surface area contributed by atoms with Crippen molar-refractivity contribution in [3.8, 4) is 0 Å². The molecule has 1 aliphatic rings. The van der Waals surface area contributed by atoms with E-state index in [1.54, 1.807) is 0 Å². The van der Waals surface area contributed by atoms with Crippen molar-refractivity contribution < 1.29 is 14.6 Å². The minimum atomic E-state index is -0.904. The number of amides is 1. The minimum Gasteiger partial charge on any atom is -0.384 e. The van der Waals surface area contributed by atoms with E-state index in [0.29, 0.717) is 6.42 Å². The molecule has 0 radical (unpaired) electrons. The number of nitrogens with one attached hydrogen (secondary N) is 1. The molecule has 0 aliphatic carbocycles. The highest BCUT2D eigenvalue weighted by Gasteiger charge is 2.30. The summed E-state index contributed by atoms with van der Waals surface area (Å²) in [6, 6.07) is 7.43. The molecule has 1 aliphatic heterocycles. The summed E-state index contributed by atoms with van der Waals surface area (Å²) < 4.78 is 5.40. The maximum absolute atomic E-state index is 11.0. The Labute approximate surface area is 105 Å². The van der Waals surface area contributed by atoms with Gasteiger partial charge in [-0.15, -0.1) is 0 Å². The van der Waals surface area contributed by atoms with Crippen LogP contribution in [0.2, 0.25) is 0 Å². The van der Waals surface area contributed by atoms with Crippen molar-refractivity contribution in [2.24, 2.45) is 0 Å². The molecule has 5 heteroatoms. The largest absolute Gasteiger partial charge is 0.384 e. The Balaban J connectivity index is 2.31. The third kappa shape index (κ3) is 2.77. The van der Waals surface area contributed by atoms with Crippen molar-refractivity contribution in [2.45, 2.75) is 31.2 Å². The van der Waals surface area contributed by atoms with E-state index in [2.05, 4.69) is 5.32 Å². The second kappa shape index (κ2) is 5.04. The van der Waals surface area contributed by atoms with Gasteiger partial charge >= 0.3 is 0 Å². The molecule has 0 saturated heterocycles. The summed E-state index contributed by atoms with van der Waals surface area (Å²) in [4.78, 5) is 11.0. The lowest BCUT2D eigenvalue weighted by Gasteiger charge is -2.23. The fraction of sp³-hybridized carbons (Fsp3) is 0.417. The minimum absolute atomic E-state index is 0.266. The summed E-state index contributed by atoms with van der Waals surface area (Å²) >= 11 is 6.01. The Bertz CT molecular complexity index is 424. The molecule has 17 heavy (non-hydrogen) atoms. The second-order valence-corrected chi connectivity index (χ2v) is 4.50. The monoisotopic (exact) mass is 255 g/mol. The first kappa shape index (κ1) is 12.4. The van der Waals surface area contributed by atoms with Gasteiger partial charge in [0.15, 0.2) is 6.23 Å². The predicted octanol–water partition coefficient (Wildman–Crippen LogP) is 1.32. The molecule has 1 amide bonds. The Morgan fingerprint density at radius 3 is 2.94 bits per heavy atom. The average molecular weight is 256 g/mol. The molecule has 2 rings (SSSR count). The number of carbonyl (C=O) groups excluding carboxylic acids is 1. The number of aliphatic hydroxyl groups is 1. The molecule has 3 unspecified atom stereocenters. The highest BCUT2D eigenvalue weighted by Crippen LogP contribution is 2.29. The van der Waals surface area contributed by atoms with Crippen LogP contribution in [0.25, 0.3) is 0 Å². The van der Waals surface area contributed by atoms with Crippen LogP contribution in [0.5, 0.6) is 0 Å². The van der Waals surface area contributed by atoms with E-state index < -0.39 is 17.9 Å². The van der Waals surface area contributed by atoms with Crippen molar-refractivity contribution in [1.29, 1.82) is 0 Å². The van der Waals surface area contributed by atoms with E-state index in [-0.39, 0.29) is 5.91 Å². The highest BCUT2D eigenvalue weighted by molar-refractivity contribution is 6.19. The lowest BCUT2D eigenvalue weighted by Crippen LogP contribution is -2.40. The second-order valence-electron chi connectivity index (χ2n) is 4.02. The first-order chi connectivity index (χ1) is 8.08. The quantitative estimate of drug-likeness (QED) is 0.744. The molecule has 3 atom stereocenters. The first-order valence-electron chi connectivity index (χ1n) is 5.40. The zero-order valence-electron chi connectivity index (χ0n) is 9.39. The van der Waals surface area contributed by atoms with E-state index in [4.69, 9.17) is 16.3 Å². The molecule has 1 aromatic rings. The third-order valence-electron chi connectivity index (χ3n) is 2.68. The fourth-order valence-electron chi connectivity index (χ4n) is 1.94. The van der Waals surface area contributed by atoms with Gasteiger partial charge in [-0.1, -0.05) is 35.9 Å². The Morgan fingerprint density at radius 2 is 2.24 bits per heavy atom. The van der Waals surface area contributed by atoms with Crippen LogP contribution in [0.4, 0.5) is 0 Å². The fourth-order valence-corrected chi connectivity index (χ4v) is 2.22. The third-order valence-corrected chi connectivity index (χ3v) is 2.94. The molecule has 2 N–H and O–H groups in total. The number of carbonyl (C=O) groups is 1. The molecular weight excluding hydrogens is 242 g/mol. The maximum atomic E-state index is 11.0. The summed E-state index contributed by atoms with van der Waals surface area (Å²) in [6.45, 7) is 1.37. The Kier molecular flexibility index (Phi) is 3.66. The van der Waals surface area contributed by atoms with Gasteiger partial charge in [0.25, 0.3) is 0 Å². The van der Waals surface area contributed by atoms with Crippen LogP contribution in [0, 0.1) is 0 Å². The normalized spacial score (nSPS) is 28.1. The van der Waals surface area contributed by atoms with Crippen molar-refractivity contribution in [1.82, 2.24) is 5.32 Å². The number of hydrogen-bond donors (Lipinski definition) is 2. The van der Waals surface area contributed by atoms with Crippen LogP contribution < -0.4 is 5.32 Å². The van der Waals surface area contributed by atoms with Gasteiger partial charge in [0.2, 0.25) is 5.91 Å². The number of hydrogen-bond acceptors (Lipinski definition) is 3. The zero-order valence-corrected chi connectivity index (χ0v) is 10.1. The van der Waals surface area contributed by atoms with Crippen molar-refractivity contribution in [3.63, 3.8) is 0 Å². The number of alkyl halides is 1. The Morgan fingerprint density at radius 1 is 1.53 bits per heavy atom. The Hall–Kier alpha value is -1.10. The van der Waals surface area contributed by atoms with Crippen LogP contribution in [0.3, 0.4) is 0 Å². The number of halogens is 1. The van der Waals surface area contributed by atoms with Crippen molar-refractivity contribution in [2.75, 3.05) is 0 Å². The number of benzene rings is 1. The van der Waals surface area contributed by atoms with E-state index in [9.17, 15) is 9.90 Å². The van der Waals surface area contributed by atoms with Gasteiger partial charge in [0.05, 0.1) is 0 Å². The highest BCUT2D eigenvalue weighted by atomic mass is 35.5. The molecule has 0 bridgehead atoms. The van der Waals surface area contributed by atoms with Crippen LogP contribution in [0.15, 0.2) is 24.3 Å². The van der Waals surface area contributed by atoms with Gasteiger partial charge in [-0.05, 0) is 11.1 Å².